The molecule has 1 fully saturated rings. The first-order valence-corrected chi connectivity index (χ1v) is 8.73. The number of carbonyl (C=O) groups is 2. The molecule has 0 bridgehead atoms. The number of hydrogen-bond acceptors (Lipinski definition) is 7. The third-order valence-electron chi connectivity index (χ3n) is 4.24. The monoisotopic (exact) mass is 374 g/mol. The van der Waals surface area contributed by atoms with Crippen molar-refractivity contribution in [3.63, 3.8) is 0 Å². The maximum atomic E-state index is 12.4. The Morgan fingerprint density at radius 1 is 1.44 bits per heavy atom. The second kappa shape index (κ2) is 9.19. The van der Waals surface area contributed by atoms with Crippen molar-refractivity contribution in [1.82, 2.24) is 30.4 Å². The number of aromatic nitrogens is 4. The summed E-state index contributed by atoms with van der Waals surface area (Å²) in [6.45, 7) is 1.01. The van der Waals surface area contributed by atoms with Gasteiger partial charge in [0.15, 0.2) is 5.82 Å². The molecule has 0 aliphatic carbocycles. The normalized spacial score (nSPS) is 17.4. The summed E-state index contributed by atoms with van der Waals surface area (Å²) in [5, 5.41) is 18.8. The molecule has 1 atom stereocenters. The number of aliphatic hydroxyl groups is 1. The van der Waals surface area contributed by atoms with E-state index < -0.39 is 18.4 Å². The van der Waals surface area contributed by atoms with Crippen molar-refractivity contribution in [3.8, 4) is 11.4 Å². The van der Waals surface area contributed by atoms with Gasteiger partial charge in [0.2, 0.25) is 11.8 Å². The molecule has 1 saturated heterocycles. The van der Waals surface area contributed by atoms with Gasteiger partial charge in [-0.25, -0.2) is 4.98 Å². The minimum atomic E-state index is -0.570. The van der Waals surface area contributed by atoms with Crippen molar-refractivity contribution in [2.24, 2.45) is 5.92 Å². The van der Waals surface area contributed by atoms with Crippen molar-refractivity contribution in [2.75, 3.05) is 39.5 Å². The molecule has 10 nitrogen and oxygen atoms in total. The van der Waals surface area contributed by atoms with Crippen LogP contribution in [0.3, 0.4) is 0 Å². The molecular weight excluding hydrogens is 352 g/mol. The number of rotatable bonds is 6. The molecule has 0 aromatic carbocycles. The summed E-state index contributed by atoms with van der Waals surface area (Å²) in [6, 6.07) is 3.68. The maximum absolute atomic E-state index is 12.4. The average molecular weight is 374 g/mol. The van der Waals surface area contributed by atoms with Crippen molar-refractivity contribution in [1.29, 1.82) is 0 Å². The van der Waals surface area contributed by atoms with Gasteiger partial charge in [-0.05, 0) is 12.1 Å². The van der Waals surface area contributed by atoms with E-state index in [-0.39, 0.29) is 19.1 Å². The topological polar surface area (TPSA) is 133 Å². The third kappa shape index (κ3) is 5.08. The van der Waals surface area contributed by atoms with Crippen molar-refractivity contribution < 1.29 is 19.4 Å². The molecule has 2 amide bonds. The largest absolute Gasteiger partial charge is 0.387 e. The van der Waals surface area contributed by atoms with Gasteiger partial charge in [-0.15, -0.1) is 0 Å². The lowest BCUT2D eigenvalue weighted by Crippen LogP contribution is -2.43. The number of nitrogens with zero attached hydrogens (tertiary/aromatic N) is 4. The van der Waals surface area contributed by atoms with Crippen LogP contribution in [0.25, 0.3) is 11.4 Å². The number of aliphatic hydroxyl groups excluding tert-OH is 1. The van der Waals surface area contributed by atoms with E-state index in [2.05, 4.69) is 25.5 Å². The number of nitrogens with one attached hydrogen (secondary N) is 2. The summed E-state index contributed by atoms with van der Waals surface area (Å²) in [6.07, 6.45) is 3.85. The predicted molar refractivity (Wildman–Crippen MR) is 94.3 cm³/mol. The number of hydrogen-bond donors (Lipinski definition) is 3. The number of amides is 2. The van der Waals surface area contributed by atoms with Crippen LogP contribution >= 0.6 is 0 Å². The summed E-state index contributed by atoms with van der Waals surface area (Å²) in [7, 11) is 0. The molecule has 3 N–H and O–H groups in total. The zero-order chi connectivity index (χ0) is 19.1. The van der Waals surface area contributed by atoms with Crippen molar-refractivity contribution in [2.45, 2.75) is 6.42 Å². The zero-order valence-corrected chi connectivity index (χ0v) is 14.8. The lowest BCUT2D eigenvalue weighted by Gasteiger charge is -2.22. The van der Waals surface area contributed by atoms with Gasteiger partial charge >= 0.3 is 0 Å². The second-order valence-electron chi connectivity index (χ2n) is 6.16. The highest BCUT2D eigenvalue weighted by molar-refractivity contribution is 5.81. The molecule has 2 aromatic heterocycles. The summed E-state index contributed by atoms with van der Waals surface area (Å²) in [4.78, 5) is 33.9. The van der Waals surface area contributed by atoms with Crippen LogP contribution in [0.4, 0.5) is 0 Å². The molecule has 2 aromatic rings. The Balaban J connectivity index is 1.49. The predicted octanol–water partition coefficient (Wildman–Crippen LogP) is -1.01. The number of aromatic amines is 1. The summed E-state index contributed by atoms with van der Waals surface area (Å²) in [5.74, 6) is 0.148. The molecule has 0 spiro atoms. The first kappa shape index (κ1) is 18.9. The number of pyridine rings is 1. The minimum Gasteiger partial charge on any atom is -0.387 e. The Kier molecular flexibility index (Phi) is 6.44. The highest BCUT2D eigenvalue weighted by Crippen LogP contribution is 2.12. The average Bonchev–Trinajstić information content (AvgIpc) is 3.03. The van der Waals surface area contributed by atoms with Crippen LogP contribution in [0.1, 0.15) is 5.82 Å². The van der Waals surface area contributed by atoms with Gasteiger partial charge in [0.1, 0.15) is 12.4 Å². The van der Waals surface area contributed by atoms with Crippen molar-refractivity contribution >= 4 is 11.8 Å². The molecule has 144 valence electrons. The molecule has 3 heterocycles. The Labute approximate surface area is 156 Å². The van der Waals surface area contributed by atoms with Crippen LogP contribution in [-0.4, -0.2) is 81.4 Å². The number of H-pyrrole nitrogens is 1. The van der Waals surface area contributed by atoms with Crippen LogP contribution in [-0.2, 0) is 20.7 Å². The smallest absolute Gasteiger partial charge is 0.248 e. The SMILES string of the molecule is O=C(NCCc1nc(-c2cccnc2)n[nH]1)C1COCCN(C(=O)CO)C1. The van der Waals surface area contributed by atoms with Gasteiger partial charge in [-0.2, -0.15) is 5.10 Å². The van der Waals surface area contributed by atoms with E-state index >= 15 is 0 Å². The molecular formula is C17H22N6O4. The second-order valence-corrected chi connectivity index (χ2v) is 6.16. The molecule has 1 aliphatic rings. The van der Waals surface area contributed by atoms with Crippen LogP contribution < -0.4 is 5.32 Å². The fourth-order valence-electron chi connectivity index (χ4n) is 2.78. The van der Waals surface area contributed by atoms with Crippen LogP contribution in [0.2, 0.25) is 0 Å². The Morgan fingerprint density at radius 3 is 3.11 bits per heavy atom. The van der Waals surface area contributed by atoms with Crippen molar-refractivity contribution in [3.05, 3.63) is 30.4 Å². The van der Waals surface area contributed by atoms with Gasteiger partial charge in [-0.1, -0.05) is 0 Å². The molecule has 10 heteroatoms. The highest BCUT2D eigenvalue weighted by atomic mass is 16.5. The zero-order valence-electron chi connectivity index (χ0n) is 14.8. The summed E-state index contributed by atoms with van der Waals surface area (Å²) >= 11 is 0. The van der Waals surface area contributed by atoms with Gasteiger partial charge in [0.25, 0.3) is 0 Å². The molecule has 0 radical (unpaired) electrons. The van der Waals surface area contributed by atoms with E-state index in [0.29, 0.717) is 37.8 Å². The van der Waals surface area contributed by atoms with E-state index in [4.69, 9.17) is 9.84 Å². The van der Waals surface area contributed by atoms with E-state index in [9.17, 15) is 9.59 Å². The quantitative estimate of drug-likeness (QED) is 0.590. The first-order chi connectivity index (χ1) is 13.2. The van der Waals surface area contributed by atoms with Crippen LogP contribution in [0.15, 0.2) is 24.5 Å². The molecule has 1 aliphatic heterocycles. The fourth-order valence-corrected chi connectivity index (χ4v) is 2.78. The molecule has 3 rings (SSSR count). The Hall–Kier alpha value is -2.85. The third-order valence-corrected chi connectivity index (χ3v) is 4.24. The van der Waals surface area contributed by atoms with E-state index in [0.717, 1.165) is 5.56 Å². The lowest BCUT2D eigenvalue weighted by atomic mass is 10.1. The minimum absolute atomic E-state index is 0.195. The fraction of sp³-hybridized carbons (Fsp3) is 0.471. The summed E-state index contributed by atoms with van der Waals surface area (Å²) in [5.41, 5.74) is 0.813. The van der Waals surface area contributed by atoms with Crippen LogP contribution in [0.5, 0.6) is 0 Å². The van der Waals surface area contributed by atoms with Gasteiger partial charge in [0, 0.05) is 44.0 Å². The molecule has 0 saturated carbocycles. The van der Waals surface area contributed by atoms with Gasteiger partial charge < -0.3 is 20.1 Å². The van der Waals surface area contributed by atoms with Gasteiger partial charge in [0.05, 0.1) is 19.1 Å². The molecule has 27 heavy (non-hydrogen) atoms. The number of ether oxygens (including phenoxy) is 1. The van der Waals surface area contributed by atoms with E-state index in [1.807, 2.05) is 12.1 Å². The standard InChI is InChI=1S/C17H22N6O4/c24-10-15(25)23-6-7-27-11-13(9-23)17(26)19-5-3-14-20-16(22-21-14)12-2-1-4-18-8-12/h1-2,4,8,13,24H,3,5-7,9-11H2,(H,19,26)(H,20,21,22). The van der Waals surface area contributed by atoms with Gasteiger partial charge in [-0.3, -0.25) is 19.7 Å². The maximum Gasteiger partial charge on any atom is 0.248 e. The Bertz CT molecular complexity index is 766. The van der Waals surface area contributed by atoms with Crippen LogP contribution in [0, 0.1) is 5.92 Å². The highest BCUT2D eigenvalue weighted by Gasteiger charge is 2.26. The lowest BCUT2D eigenvalue weighted by molar-refractivity contribution is -0.135. The first-order valence-electron chi connectivity index (χ1n) is 8.73. The Morgan fingerprint density at radius 2 is 2.33 bits per heavy atom. The summed E-state index contributed by atoms with van der Waals surface area (Å²) < 4.78 is 5.40. The van der Waals surface area contributed by atoms with E-state index in [1.54, 1.807) is 12.4 Å². The number of carbonyl (C=O) groups excluding carboxylic acids is 2. The van der Waals surface area contributed by atoms with E-state index in [1.165, 1.54) is 4.90 Å². The molecule has 1 unspecified atom stereocenters.